The summed E-state index contributed by atoms with van der Waals surface area (Å²) in [4.78, 5) is 7.97. The van der Waals surface area contributed by atoms with Gasteiger partial charge in [-0.1, -0.05) is 11.6 Å². The highest BCUT2D eigenvalue weighted by molar-refractivity contribution is 6.32. The number of hydrogen-bond donors (Lipinski definition) is 0. The summed E-state index contributed by atoms with van der Waals surface area (Å²) in [5.41, 5.74) is 3.57. The zero-order valence-corrected chi connectivity index (χ0v) is 10.6. The van der Waals surface area contributed by atoms with E-state index in [1.165, 1.54) is 0 Å². The minimum atomic E-state index is 0.144. The average molecular weight is 257 g/mol. The zero-order chi connectivity index (χ0) is 11.9. The lowest BCUT2D eigenvalue weighted by molar-refractivity contribution is 0.731. The summed E-state index contributed by atoms with van der Waals surface area (Å²) in [5.74, 6) is 0. The van der Waals surface area contributed by atoms with Gasteiger partial charge in [0, 0.05) is 24.4 Å². The van der Waals surface area contributed by atoms with E-state index < -0.39 is 0 Å². The Morgan fingerprint density at radius 1 is 1.19 bits per heavy atom. The highest BCUT2D eigenvalue weighted by Gasteiger charge is 2.14. The van der Waals surface area contributed by atoms with Gasteiger partial charge in [0.2, 0.25) is 5.28 Å². The molecule has 2 rings (SSSR count). The van der Waals surface area contributed by atoms with Gasteiger partial charge in [-0.05, 0) is 25.4 Å². The molecule has 16 heavy (non-hydrogen) atoms. The highest BCUT2D eigenvalue weighted by atomic mass is 35.5. The van der Waals surface area contributed by atoms with Gasteiger partial charge in [-0.25, -0.2) is 9.97 Å². The van der Waals surface area contributed by atoms with Gasteiger partial charge in [0.25, 0.3) is 0 Å². The third-order valence-corrected chi connectivity index (χ3v) is 2.80. The van der Waals surface area contributed by atoms with E-state index in [0.717, 1.165) is 17.0 Å². The Morgan fingerprint density at radius 3 is 2.38 bits per heavy atom. The summed E-state index contributed by atoms with van der Waals surface area (Å²) in [6.07, 6.45) is 0. The van der Waals surface area contributed by atoms with Crippen molar-refractivity contribution in [3.05, 3.63) is 27.9 Å². The molecule has 4 nitrogen and oxygen atoms in total. The fourth-order valence-corrected chi connectivity index (χ4v) is 2.07. The molecule has 0 aliphatic rings. The number of hydrogen-bond acceptors (Lipinski definition) is 3. The molecule has 0 radical (unpaired) electrons. The van der Waals surface area contributed by atoms with Gasteiger partial charge in [0.05, 0.1) is 11.4 Å². The predicted octanol–water partition coefficient (Wildman–Crippen LogP) is 2.80. The summed E-state index contributed by atoms with van der Waals surface area (Å²) in [5, 5.41) is 4.79. The van der Waals surface area contributed by atoms with E-state index in [4.69, 9.17) is 23.2 Å². The van der Waals surface area contributed by atoms with Crippen LogP contribution in [0.2, 0.25) is 10.4 Å². The molecule has 2 aromatic rings. The number of rotatable bonds is 1. The van der Waals surface area contributed by atoms with Gasteiger partial charge in [-0.3, -0.25) is 4.68 Å². The van der Waals surface area contributed by atoms with Gasteiger partial charge in [-0.15, -0.1) is 0 Å². The second-order valence-electron chi connectivity index (χ2n) is 3.51. The van der Waals surface area contributed by atoms with Crippen LogP contribution in [0.3, 0.4) is 0 Å². The standard InChI is InChI=1S/C10H10Cl2N4/c1-5-9(6(2)16(3)15-5)7-4-8(11)14-10(12)13-7/h4H,1-3H3. The van der Waals surface area contributed by atoms with E-state index in [-0.39, 0.29) is 5.28 Å². The van der Waals surface area contributed by atoms with Crippen LogP contribution in [0.25, 0.3) is 11.3 Å². The van der Waals surface area contributed by atoms with Crippen molar-refractivity contribution in [2.45, 2.75) is 13.8 Å². The molecule has 2 aromatic heterocycles. The second-order valence-corrected chi connectivity index (χ2v) is 4.24. The van der Waals surface area contributed by atoms with Crippen LogP contribution in [0.15, 0.2) is 6.07 Å². The molecular weight excluding hydrogens is 247 g/mol. The number of aryl methyl sites for hydroxylation is 2. The van der Waals surface area contributed by atoms with Gasteiger partial charge < -0.3 is 0 Å². The lowest BCUT2D eigenvalue weighted by atomic mass is 10.1. The molecule has 0 unspecified atom stereocenters. The quantitative estimate of drug-likeness (QED) is 0.582. The second kappa shape index (κ2) is 4.03. The lowest BCUT2D eigenvalue weighted by Gasteiger charge is -2.02. The van der Waals surface area contributed by atoms with Crippen LogP contribution >= 0.6 is 23.2 Å². The maximum Gasteiger partial charge on any atom is 0.224 e. The molecule has 2 heterocycles. The van der Waals surface area contributed by atoms with Gasteiger partial charge in [0.15, 0.2) is 0 Å². The molecule has 0 aliphatic heterocycles. The third kappa shape index (κ3) is 1.90. The maximum absolute atomic E-state index is 5.85. The normalized spacial score (nSPS) is 10.8. The summed E-state index contributed by atoms with van der Waals surface area (Å²) >= 11 is 11.6. The topological polar surface area (TPSA) is 43.6 Å². The van der Waals surface area contributed by atoms with E-state index in [9.17, 15) is 0 Å². The molecular formula is C10H10Cl2N4. The molecule has 0 saturated heterocycles. The first-order chi connectivity index (χ1) is 7.49. The first kappa shape index (κ1) is 11.4. The predicted molar refractivity (Wildman–Crippen MR) is 63.7 cm³/mol. The molecule has 0 saturated carbocycles. The molecule has 0 spiro atoms. The van der Waals surface area contributed by atoms with E-state index in [1.54, 1.807) is 10.7 Å². The van der Waals surface area contributed by atoms with E-state index in [1.807, 2.05) is 20.9 Å². The van der Waals surface area contributed by atoms with Gasteiger partial charge in [-0.2, -0.15) is 5.10 Å². The Bertz CT molecular complexity index is 528. The number of nitrogens with zero attached hydrogens (tertiary/aromatic N) is 4. The fraction of sp³-hybridized carbons (Fsp3) is 0.300. The van der Waals surface area contributed by atoms with Crippen LogP contribution in [-0.2, 0) is 7.05 Å². The summed E-state index contributed by atoms with van der Waals surface area (Å²) in [6.45, 7) is 3.89. The maximum atomic E-state index is 5.85. The number of halogens is 2. The molecule has 0 atom stereocenters. The van der Waals surface area contributed by atoms with E-state index >= 15 is 0 Å². The molecule has 84 valence electrons. The van der Waals surface area contributed by atoms with Crippen molar-refractivity contribution in [3.63, 3.8) is 0 Å². The van der Waals surface area contributed by atoms with Gasteiger partial charge in [0.1, 0.15) is 5.15 Å². The Balaban J connectivity index is 2.67. The largest absolute Gasteiger partial charge is 0.272 e. The SMILES string of the molecule is Cc1nn(C)c(C)c1-c1cc(Cl)nc(Cl)n1. The van der Waals surface area contributed by atoms with Crippen LogP contribution < -0.4 is 0 Å². The Kier molecular flexibility index (Phi) is 2.86. The summed E-state index contributed by atoms with van der Waals surface area (Å²) in [6, 6.07) is 1.68. The highest BCUT2D eigenvalue weighted by Crippen LogP contribution is 2.27. The van der Waals surface area contributed by atoms with Crippen LogP contribution in [0.5, 0.6) is 0 Å². The molecule has 0 aromatic carbocycles. The van der Waals surface area contributed by atoms with Crippen LogP contribution in [0.1, 0.15) is 11.4 Å². The first-order valence-corrected chi connectivity index (χ1v) is 5.45. The number of aromatic nitrogens is 4. The van der Waals surface area contributed by atoms with E-state index in [0.29, 0.717) is 10.8 Å². The molecule has 0 bridgehead atoms. The zero-order valence-electron chi connectivity index (χ0n) is 9.12. The fourth-order valence-electron chi connectivity index (χ4n) is 1.66. The van der Waals surface area contributed by atoms with Crippen molar-refractivity contribution in [2.24, 2.45) is 7.05 Å². The van der Waals surface area contributed by atoms with E-state index in [2.05, 4.69) is 15.1 Å². The van der Waals surface area contributed by atoms with Crippen LogP contribution in [0.4, 0.5) is 0 Å². The van der Waals surface area contributed by atoms with Gasteiger partial charge >= 0.3 is 0 Å². The third-order valence-electron chi connectivity index (χ3n) is 2.43. The Hall–Kier alpha value is -1.13. The van der Waals surface area contributed by atoms with Crippen molar-refractivity contribution in [3.8, 4) is 11.3 Å². The van der Waals surface area contributed by atoms with Crippen LogP contribution in [0, 0.1) is 13.8 Å². The lowest BCUT2D eigenvalue weighted by Crippen LogP contribution is -1.94. The molecule has 0 fully saturated rings. The van der Waals surface area contributed by atoms with Crippen molar-refractivity contribution in [1.29, 1.82) is 0 Å². The van der Waals surface area contributed by atoms with Crippen LogP contribution in [-0.4, -0.2) is 19.7 Å². The molecule has 0 amide bonds. The molecule has 0 N–H and O–H groups in total. The first-order valence-electron chi connectivity index (χ1n) is 4.69. The van der Waals surface area contributed by atoms with Crippen molar-refractivity contribution >= 4 is 23.2 Å². The minimum absolute atomic E-state index is 0.144. The summed E-state index contributed by atoms with van der Waals surface area (Å²) in [7, 11) is 1.89. The minimum Gasteiger partial charge on any atom is -0.272 e. The Morgan fingerprint density at radius 2 is 1.88 bits per heavy atom. The van der Waals surface area contributed by atoms with Crippen molar-refractivity contribution in [2.75, 3.05) is 0 Å². The average Bonchev–Trinajstić information content (AvgIpc) is 2.39. The molecule has 0 aliphatic carbocycles. The van der Waals surface area contributed by atoms with Crippen molar-refractivity contribution < 1.29 is 0 Å². The molecule has 6 heteroatoms. The Labute approximate surface area is 103 Å². The van der Waals surface area contributed by atoms with Crippen molar-refractivity contribution in [1.82, 2.24) is 19.7 Å². The smallest absolute Gasteiger partial charge is 0.224 e. The monoisotopic (exact) mass is 256 g/mol. The summed E-state index contributed by atoms with van der Waals surface area (Å²) < 4.78 is 1.80.